The molecule has 1 amide bonds. The average molecular weight is 552 g/mol. The number of aromatic nitrogens is 5. The van der Waals surface area contributed by atoms with Crippen LogP contribution in [-0.2, 0) is 12.0 Å². The molecule has 0 bridgehead atoms. The maximum atomic E-state index is 14.0. The molecule has 2 N–H and O–H groups in total. The minimum absolute atomic E-state index is 0.0377. The van der Waals surface area contributed by atoms with E-state index in [1.54, 1.807) is 29.8 Å². The Labute approximate surface area is 236 Å². The number of amides is 1. The summed E-state index contributed by atoms with van der Waals surface area (Å²) < 4.78 is 6.14. The molecule has 2 aromatic carbocycles. The summed E-state index contributed by atoms with van der Waals surface area (Å²) in [7, 11) is 0. The minimum atomic E-state index is -0.870. The van der Waals surface area contributed by atoms with Crippen molar-refractivity contribution >= 4 is 17.2 Å². The molecular weight excluding hydrogens is 522 g/mol. The summed E-state index contributed by atoms with van der Waals surface area (Å²) in [6.07, 6.45) is 7.26. The number of likely N-dealkylation sites (tertiary alicyclic amines) is 1. The summed E-state index contributed by atoms with van der Waals surface area (Å²) in [6, 6.07) is 15.5. The fraction of sp³-hybridized carbons (Fsp3) is 0.267. The second-order valence-electron chi connectivity index (χ2n) is 10.4. The van der Waals surface area contributed by atoms with Crippen LogP contribution in [0.15, 0.2) is 77.0 Å². The van der Waals surface area contributed by atoms with E-state index in [9.17, 15) is 4.79 Å². The zero-order chi connectivity index (χ0) is 27.7. The molecule has 9 nitrogen and oxygen atoms in total. The van der Waals surface area contributed by atoms with Crippen LogP contribution < -0.4 is 5.73 Å². The zero-order valence-corrected chi connectivity index (χ0v) is 23.1. The number of benzene rings is 2. The highest BCUT2D eigenvalue weighted by Gasteiger charge is 2.33. The van der Waals surface area contributed by atoms with Crippen molar-refractivity contribution in [3.63, 3.8) is 0 Å². The Morgan fingerprint density at radius 1 is 1.10 bits per heavy atom. The first-order chi connectivity index (χ1) is 19.4. The number of carbonyl (C=O) groups excluding carboxylic acids is 1. The standard InChI is InChI=1S/C30H29N7O2S/c1-19-17-40-27(34-19)25-9-6-10-37(25)28(38)23-12-21(24-15-32-18-33-16-24)11-22(13-23)26-35-36-29(39-26)30(2,31)14-20-7-4-3-5-8-20/h3-5,7-8,11-13,15-18,25H,6,9-10,14,31H2,1-2H3/t25-,30-/m1/s1. The van der Waals surface area contributed by atoms with Crippen LogP contribution in [0.5, 0.6) is 0 Å². The summed E-state index contributed by atoms with van der Waals surface area (Å²) in [5.74, 6) is 0.551. The first-order valence-electron chi connectivity index (χ1n) is 13.2. The number of hydrogen-bond acceptors (Lipinski definition) is 9. The fourth-order valence-electron chi connectivity index (χ4n) is 5.11. The molecule has 0 aliphatic carbocycles. The van der Waals surface area contributed by atoms with Gasteiger partial charge in [-0.3, -0.25) is 4.79 Å². The van der Waals surface area contributed by atoms with E-state index in [0.29, 0.717) is 35.9 Å². The Morgan fingerprint density at radius 3 is 2.62 bits per heavy atom. The Bertz CT molecular complexity index is 1630. The summed E-state index contributed by atoms with van der Waals surface area (Å²) in [6.45, 7) is 4.52. The van der Waals surface area contributed by atoms with Crippen LogP contribution >= 0.6 is 11.3 Å². The number of aryl methyl sites for hydroxylation is 1. The lowest BCUT2D eigenvalue weighted by Gasteiger charge is -2.23. The molecule has 0 spiro atoms. The van der Waals surface area contributed by atoms with Gasteiger partial charge in [0.25, 0.3) is 5.91 Å². The van der Waals surface area contributed by atoms with Crippen molar-refractivity contribution in [3.05, 3.63) is 100 Å². The molecule has 1 aliphatic heterocycles. The van der Waals surface area contributed by atoms with Gasteiger partial charge in [-0.1, -0.05) is 30.3 Å². The first-order valence-corrected chi connectivity index (χ1v) is 14.1. The van der Waals surface area contributed by atoms with Gasteiger partial charge in [0.1, 0.15) is 11.3 Å². The molecule has 40 heavy (non-hydrogen) atoms. The van der Waals surface area contributed by atoms with Crippen LogP contribution in [0.25, 0.3) is 22.6 Å². The molecule has 0 unspecified atom stereocenters. The molecule has 6 rings (SSSR count). The number of thiazole rings is 1. The molecule has 202 valence electrons. The van der Waals surface area contributed by atoms with Crippen LogP contribution in [0.2, 0.25) is 0 Å². The van der Waals surface area contributed by atoms with Gasteiger partial charge in [-0.05, 0) is 62.4 Å². The molecular formula is C30H29N7O2S. The minimum Gasteiger partial charge on any atom is -0.419 e. The molecule has 10 heteroatoms. The third-order valence-corrected chi connectivity index (χ3v) is 8.15. The number of hydrogen-bond donors (Lipinski definition) is 1. The van der Waals surface area contributed by atoms with Gasteiger partial charge < -0.3 is 15.1 Å². The van der Waals surface area contributed by atoms with Crippen molar-refractivity contribution in [1.82, 2.24) is 30.0 Å². The van der Waals surface area contributed by atoms with Crippen LogP contribution in [0, 0.1) is 6.92 Å². The zero-order valence-electron chi connectivity index (χ0n) is 22.3. The maximum absolute atomic E-state index is 14.0. The van der Waals surface area contributed by atoms with E-state index in [4.69, 9.17) is 10.2 Å². The van der Waals surface area contributed by atoms with Gasteiger partial charge in [0.05, 0.1) is 11.6 Å². The maximum Gasteiger partial charge on any atom is 0.254 e. The number of nitrogens with zero attached hydrogens (tertiary/aromatic N) is 6. The average Bonchev–Trinajstić information content (AvgIpc) is 3.74. The summed E-state index contributed by atoms with van der Waals surface area (Å²) >= 11 is 1.60. The molecule has 3 aromatic heterocycles. The van der Waals surface area contributed by atoms with Gasteiger partial charge in [-0.25, -0.2) is 15.0 Å². The number of rotatable bonds is 7. The second-order valence-corrected chi connectivity index (χ2v) is 11.3. The number of carbonyl (C=O) groups is 1. The van der Waals surface area contributed by atoms with E-state index in [2.05, 4.69) is 25.1 Å². The van der Waals surface area contributed by atoms with Gasteiger partial charge in [-0.15, -0.1) is 21.5 Å². The summed E-state index contributed by atoms with van der Waals surface area (Å²) in [4.78, 5) is 28.9. The highest BCUT2D eigenvalue weighted by Crippen LogP contribution is 2.36. The van der Waals surface area contributed by atoms with E-state index >= 15 is 0 Å². The fourth-order valence-corrected chi connectivity index (χ4v) is 6.06. The second kappa shape index (κ2) is 10.7. The quantitative estimate of drug-likeness (QED) is 0.287. The lowest BCUT2D eigenvalue weighted by Crippen LogP contribution is -2.35. The van der Waals surface area contributed by atoms with Crippen molar-refractivity contribution in [1.29, 1.82) is 0 Å². The van der Waals surface area contributed by atoms with Crippen LogP contribution in [0.4, 0.5) is 0 Å². The molecule has 1 fully saturated rings. The first kappa shape index (κ1) is 26.0. The molecule has 2 atom stereocenters. The SMILES string of the molecule is Cc1csc([C@H]2CCCN2C(=O)c2cc(-c3cncnc3)cc(-c3nnc([C@](C)(N)Cc4ccccc4)o3)c2)n1. The Hall–Kier alpha value is -4.28. The molecule has 5 aromatic rings. The van der Waals surface area contributed by atoms with Crippen molar-refractivity contribution in [2.75, 3.05) is 6.54 Å². The summed E-state index contributed by atoms with van der Waals surface area (Å²) in [5, 5.41) is 11.6. The van der Waals surface area contributed by atoms with E-state index in [1.807, 2.05) is 66.6 Å². The van der Waals surface area contributed by atoms with E-state index in [0.717, 1.165) is 40.2 Å². The van der Waals surface area contributed by atoms with Crippen LogP contribution in [0.1, 0.15) is 58.3 Å². The third-order valence-electron chi connectivity index (χ3n) is 7.08. The van der Waals surface area contributed by atoms with Crippen molar-refractivity contribution in [3.8, 4) is 22.6 Å². The van der Waals surface area contributed by atoms with Gasteiger partial charge >= 0.3 is 0 Å². The van der Waals surface area contributed by atoms with Gasteiger partial charge in [0.15, 0.2) is 0 Å². The topological polar surface area (TPSA) is 124 Å². The lowest BCUT2D eigenvalue weighted by atomic mass is 9.94. The van der Waals surface area contributed by atoms with E-state index in [-0.39, 0.29) is 11.9 Å². The number of nitrogens with two attached hydrogens (primary N) is 1. The van der Waals surface area contributed by atoms with Crippen LogP contribution in [-0.4, -0.2) is 42.5 Å². The van der Waals surface area contributed by atoms with Crippen molar-refractivity contribution < 1.29 is 9.21 Å². The monoisotopic (exact) mass is 551 g/mol. The van der Waals surface area contributed by atoms with E-state index < -0.39 is 5.54 Å². The summed E-state index contributed by atoms with van der Waals surface area (Å²) in [5.41, 5.74) is 10.5. The van der Waals surface area contributed by atoms with Crippen molar-refractivity contribution in [2.24, 2.45) is 5.73 Å². The molecule has 1 aliphatic rings. The van der Waals surface area contributed by atoms with Crippen molar-refractivity contribution in [2.45, 2.75) is 44.7 Å². The third kappa shape index (κ3) is 5.28. The molecule has 1 saturated heterocycles. The molecule has 4 heterocycles. The highest BCUT2D eigenvalue weighted by molar-refractivity contribution is 7.09. The van der Waals surface area contributed by atoms with E-state index in [1.165, 1.54) is 6.33 Å². The molecule has 0 saturated carbocycles. The van der Waals surface area contributed by atoms with Gasteiger partial charge in [0.2, 0.25) is 11.8 Å². The Kier molecular flexibility index (Phi) is 6.95. The molecule has 0 radical (unpaired) electrons. The smallest absolute Gasteiger partial charge is 0.254 e. The lowest BCUT2D eigenvalue weighted by molar-refractivity contribution is 0.0735. The highest BCUT2D eigenvalue weighted by atomic mass is 32.1. The van der Waals surface area contributed by atoms with Crippen LogP contribution in [0.3, 0.4) is 0 Å². The predicted octanol–water partition coefficient (Wildman–Crippen LogP) is 5.35. The predicted molar refractivity (Wildman–Crippen MR) is 152 cm³/mol. The largest absolute Gasteiger partial charge is 0.419 e. The van der Waals surface area contributed by atoms with Gasteiger partial charge in [-0.2, -0.15) is 0 Å². The van der Waals surface area contributed by atoms with Gasteiger partial charge in [0, 0.05) is 46.7 Å². The Balaban J connectivity index is 1.36. The Morgan fingerprint density at radius 2 is 1.88 bits per heavy atom. The normalized spacial score (nSPS) is 16.7.